The highest BCUT2D eigenvalue weighted by Crippen LogP contribution is 2.29. The zero-order valence-corrected chi connectivity index (χ0v) is 12.4. The van der Waals surface area contributed by atoms with Gasteiger partial charge in [-0.15, -0.1) is 0 Å². The van der Waals surface area contributed by atoms with Crippen LogP contribution < -0.4 is 5.73 Å². The second-order valence-electron chi connectivity index (χ2n) is 5.38. The number of hydrogen-bond acceptors (Lipinski definition) is 1. The van der Waals surface area contributed by atoms with Crippen molar-refractivity contribution in [2.75, 3.05) is 0 Å². The molecule has 1 nitrogen and oxygen atoms in total. The van der Waals surface area contributed by atoms with Crippen LogP contribution in [0.2, 0.25) is 5.02 Å². The molecular weight excluding hydrogens is 286 g/mol. The van der Waals surface area contributed by atoms with E-state index in [1.54, 1.807) is 0 Å². The van der Waals surface area contributed by atoms with E-state index < -0.39 is 0 Å². The molecule has 0 heterocycles. The van der Waals surface area contributed by atoms with Gasteiger partial charge < -0.3 is 5.73 Å². The molecule has 2 N–H and O–H groups in total. The molecule has 0 saturated heterocycles. The van der Waals surface area contributed by atoms with E-state index in [0.717, 1.165) is 27.9 Å². The SMILES string of the molecule is CC(C)(C)CCC(N)c1ccc(Cl)c(Br)c1. The van der Waals surface area contributed by atoms with E-state index in [0.29, 0.717) is 5.41 Å². The second-order valence-corrected chi connectivity index (χ2v) is 6.64. The number of nitrogens with two attached hydrogens (primary N) is 1. The van der Waals surface area contributed by atoms with Gasteiger partial charge in [0.2, 0.25) is 0 Å². The molecule has 0 radical (unpaired) electrons. The van der Waals surface area contributed by atoms with E-state index in [1.807, 2.05) is 18.2 Å². The van der Waals surface area contributed by atoms with Crippen molar-refractivity contribution in [1.82, 2.24) is 0 Å². The first-order valence-corrected chi connectivity index (χ1v) is 6.67. The van der Waals surface area contributed by atoms with Gasteiger partial charge in [0.1, 0.15) is 0 Å². The van der Waals surface area contributed by atoms with Gasteiger partial charge in [0.25, 0.3) is 0 Å². The molecular formula is C13H19BrClN. The van der Waals surface area contributed by atoms with Gasteiger partial charge in [-0.1, -0.05) is 38.4 Å². The largest absolute Gasteiger partial charge is 0.324 e. The smallest absolute Gasteiger partial charge is 0.0548 e. The Balaban J connectivity index is 2.66. The molecule has 0 aromatic heterocycles. The second kappa shape index (κ2) is 5.52. The third-order valence-electron chi connectivity index (χ3n) is 2.58. The summed E-state index contributed by atoms with van der Waals surface area (Å²) in [6.45, 7) is 6.70. The van der Waals surface area contributed by atoms with Crippen molar-refractivity contribution in [2.45, 2.75) is 39.7 Å². The molecule has 0 amide bonds. The van der Waals surface area contributed by atoms with Crippen LogP contribution in [-0.4, -0.2) is 0 Å². The minimum Gasteiger partial charge on any atom is -0.324 e. The Morgan fingerprint density at radius 3 is 2.50 bits per heavy atom. The van der Waals surface area contributed by atoms with Gasteiger partial charge in [0.05, 0.1) is 5.02 Å². The standard InChI is InChI=1S/C13H19BrClN/c1-13(2,3)7-6-12(16)9-4-5-11(15)10(14)8-9/h4-5,8,12H,6-7,16H2,1-3H3. The van der Waals surface area contributed by atoms with Crippen LogP contribution >= 0.6 is 27.5 Å². The normalized spacial score (nSPS) is 13.9. The monoisotopic (exact) mass is 303 g/mol. The fraction of sp³-hybridized carbons (Fsp3) is 0.538. The molecule has 0 saturated carbocycles. The van der Waals surface area contributed by atoms with Crippen LogP contribution in [0.3, 0.4) is 0 Å². The lowest BCUT2D eigenvalue weighted by molar-refractivity contribution is 0.350. The highest BCUT2D eigenvalue weighted by Gasteiger charge is 2.14. The molecule has 3 heteroatoms. The number of rotatable bonds is 3. The summed E-state index contributed by atoms with van der Waals surface area (Å²) in [5.41, 5.74) is 7.63. The summed E-state index contributed by atoms with van der Waals surface area (Å²) in [5, 5.41) is 0.728. The van der Waals surface area contributed by atoms with Crippen molar-refractivity contribution >= 4 is 27.5 Å². The van der Waals surface area contributed by atoms with Gasteiger partial charge in [0.15, 0.2) is 0 Å². The van der Waals surface area contributed by atoms with E-state index in [2.05, 4.69) is 36.7 Å². The first-order valence-electron chi connectivity index (χ1n) is 5.50. The minimum atomic E-state index is 0.0905. The van der Waals surface area contributed by atoms with Crippen LogP contribution in [0.4, 0.5) is 0 Å². The maximum Gasteiger partial charge on any atom is 0.0548 e. The van der Waals surface area contributed by atoms with Crippen LogP contribution in [0.5, 0.6) is 0 Å². The van der Waals surface area contributed by atoms with Crippen LogP contribution in [0, 0.1) is 5.41 Å². The Morgan fingerprint density at radius 1 is 1.38 bits per heavy atom. The zero-order chi connectivity index (χ0) is 12.3. The number of hydrogen-bond donors (Lipinski definition) is 1. The van der Waals surface area contributed by atoms with Crippen molar-refractivity contribution in [3.8, 4) is 0 Å². The van der Waals surface area contributed by atoms with Gasteiger partial charge >= 0.3 is 0 Å². The van der Waals surface area contributed by atoms with Crippen molar-refractivity contribution in [2.24, 2.45) is 11.1 Å². The molecule has 0 bridgehead atoms. The predicted octanol–water partition coefficient (Wildman–Crippen LogP) is 4.93. The minimum absolute atomic E-state index is 0.0905. The lowest BCUT2D eigenvalue weighted by atomic mass is 9.87. The molecule has 0 fully saturated rings. The Labute approximate surface area is 111 Å². The average Bonchev–Trinajstić information content (AvgIpc) is 2.17. The van der Waals surface area contributed by atoms with Crippen LogP contribution in [-0.2, 0) is 0 Å². The van der Waals surface area contributed by atoms with Gasteiger partial charge in [-0.25, -0.2) is 0 Å². The Hall–Kier alpha value is -0.0500. The predicted molar refractivity (Wildman–Crippen MR) is 74.8 cm³/mol. The molecule has 1 rings (SSSR count). The molecule has 90 valence electrons. The summed E-state index contributed by atoms with van der Waals surface area (Å²) >= 11 is 9.36. The van der Waals surface area contributed by atoms with E-state index in [1.165, 1.54) is 0 Å². The molecule has 0 aliphatic rings. The van der Waals surface area contributed by atoms with Crippen molar-refractivity contribution < 1.29 is 0 Å². The van der Waals surface area contributed by atoms with Crippen LogP contribution in [0.15, 0.2) is 22.7 Å². The number of halogens is 2. The lowest BCUT2D eigenvalue weighted by Crippen LogP contribution is -2.14. The summed E-state index contributed by atoms with van der Waals surface area (Å²) in [4.78, 5) is 0. The topological polar surface area (TPSA) is 26.0 Å². The van der Waals surface area contributed by atoms with E-state index in [-0.39, 0.29) is 6.04 Å². The van der Waals surface area contributed by atoms with Crippen LogP contribution in [0.1, 0.15) is 45.2 Å². The van der Waals surface area contributed by atoms with Gasteiger partial charge in [-0.05, 0) is 51.9 Å². The highest BCUT2D eigenvalue weighted by atomic mass is 79.9. The van der Waals surface area contributed by atoms with Gasteiger partial charge in [-0.2, -0.15) is 0 Å². The molecule has 1 aromatic rings. The van der Waals surface area contributed by atoms with Crippen molar-refractivity contribution in [1.29, 1.82) is 0 Å². The molecule has 1 unspecified atom stereocenters. The first kappa shape index (κ1) is 14.0. The Bertz CT molecular complexity index is 357. The Kier molecular flexibility index (Phi) is 4.84. The summed E-state index contributed by atoms with van der Waals surface area (Å²) in [7, 11) is 0. The van der Waals surface area contributed by atoms with Gasteiger partial charge in [-0.3, -0.25) is 0 Å². The fourth-order valence-corrected chi connectivity index (χ4v) is 2.01. The van der Waals surface area contributed by atoms with Crippen LogP contribution in [0.25, 0.3) is 0 Å². The maximum absolute atomic E-state index is 6.16. The third kappa shape index (κ3) is 4.44. The summed E-state index contributed by atoms with van der Waals surface area (Å²) in [5.74, 6) is 0. The zero-order valence-electron chi connectivity index (χ0n) is 10.1. The van der Waals surface area contributed by atoms with E-state index in [4.69, 9.17) is 17.3 Å². The first-order chi connectivity index (χ1) is 7.29. The highest BCUT2D eigenvalue weighted by molar-refractivity contribution is 9.10. The summed E-state index contributed by atoms with van der Waals surface area (Å²) in [6.07, 6.45) is 2.12. The molecule has 0 spiro atoms. The van der Waals surface area contributed by atoms with Crippen molar-refractivity contribution in [3.63, 3.8) is 0 Å². The molecule has 0 aliphatic heterocycles. The molecule has 16 heavy (non-hydrogen) atoms. The summed E-state index contributed by atoms with van der Waals surface area (Å²) in [6, 6.07) is 5.99. The van der Waals surface area contributed by atoms with Crippen molar-refractivity contribution in [3.05, 3.63) is 33.3 Å². The van der Waals surface area contributed by atoms with Gasteiger partial charge in [0, 0.05) is 10.5 Å². The third-order valence-corrected chi connectivity index (χ3v) is 3.79. The van der Waals surface area contributed by atoms with E-state index >= 15 is 0 Å². The van der Waals surface area contributed by atoms with E-state index in [9.17, 15) is 0 Å². The fourth-order valence-electron chi connectivity index (χ4n) is 1.50. The molecule has 1 atom stereocenters. The maximum atomic E-state index is 6.16. The average molecular weight is 305 g/mol. The number of benzene rings is 1. The molecule has 0 aliphatic carbocycles. The lowest BCUT2D eigenvalue weighted by Gasteiger charge is -2.21. The molecule has 1 aromatic carbocycles. The quantitative estimate of drug-likeness (QED) is 0.842. The summed E-state index contributed by atoms with van der Waals surface area (Å²) < 4.78 is 0.915. The Morgan fingerprint density at radius 2 is 2.00 bits per heavy atom.